The highest BCUT2D eigenvalue weighted by Gasteiger charge is 2.46. The third kappa shape index (κ3) is 27.1. The van der Waals surface area contributed by atoms with Crippen molar-refractivity contribution in [2.75, 3.05) is 19.0 Å². The van der Waals surface area contributed by atoms with Gasteiger partial charge in [-0.1, -0.05) is 142 Å². The van der Waals surface area contributed by atoms with Crippen LogP contribution in [0.1, 0.15) is 181 Å². The molecule has 0 aromatic carbocycles. The van der Waals surface area contributed by atoms with E-state index in [2.05, 4.69) is 26.0 Å². The predicted octanol–water partition coefficient (Wildman–Crippen LogP) is 7.89. The van der Waals surface area contributed by atoms with Crippen LogP contribution in [0.15, 0.2) is 12.2 Å². The van der Waals surface area contributed by atoms with Crippen LogP contribution in [0, 0.1) is 0 Å². The number of hydrogen-bond acceptors (Lipinski definition) is 11. The molecule has 1 saturated heterocycles. The summed E-state index contributed by atoms with van der Waals surface area (Å²) >= 11 is 0. The van der Waals surface area contributed by atoms with Crippen molar-refractivity contribution >= 4 is 22.1 Å². The molecule has 0 aliphatic carbocycles. The highest BCUT2D eigenvalue weighted by atomic mass is 32.2. The maximum absolute atomic E-state index is 12.7. The summed E-state index contributed by atoms with van der Waals surface area (Å²) in [7, 11) is -4.59. The molecule has 0 aromatic heterocycles. The van der Waals surface area contributed by atoms with Crippen molar-refractivity contribution in [3.05, 3.63) is 12.2 Å². The van der Waals surface area contributed by atoms with Crippen LogP contribution in [0.4, 0.5) is 0 Å². The van der Waals surface area contributed by atoms with Gasteiger partial charge in [0.05, 0.1) is 6.61 Å². The minimum atomic E-state index is -4.59. The van der Waals surface area contributed by atoms with Gasteiger partial charge in [0.1, 0.15) is 36.8 Å². The molecule has 1 aliphatic heterocycles. The summed E-state index contributed by atoms with van der Waals surface area (Å²) in [6.45, 7) is 3.72. The van der Waals surface area contributed by atoms with Gasteiger partial charge >= 0.3 is 11.9 Å². The maximum Gasteiger partial charge on any atom is 0.306 e. The van der Waals surface area contributed by atoms with Crippen LogP contribution < -0.4 is 0 Å². The van der Waals surface area contributed by atoms with Gasteiger partial charge in [-0.15, -0.1) is 0 Å². The zero-order chi connectivity index (χ0) is 39.9. The first-order valence-electron chi connectivity index (χ1n) is 21.2. The Kier molecular flexibility index (Phi) is 30.3. The van der Waals surface area contributed by atoms with Gasteiger partial charge in [-0.25, -0.2) is 0 Å². The molecule has 54 heavy (non-hydrogen) atoms. The molecule has 1 fully saturated rings. The fourth-order valence-corrected chi connectivity index (χ4v) is 7.19. The molecule has 0 spiro atoms. The number of esters is 2. The second-order valence-corrected chi connectivity index (χ2v) is 16.5. The summed E-state index contributed by atoms with van der Waals surface area (Å²) in [6.07, 6.45) is 22.8. The van der Waals surface area contributed by atoms with E-state index in [0.29, 0.717) is 12.8 Å². The van der Waals surface area contributed by atoms with E-state index in [9.17, 15) is 37.9 Å². The largest absolute Gasteiger partial charge is 0.462 e. The molecule has 1 heterocycles. The van der Waals surface area contributed by atoms with E-state index >= 15 is 0 Å². The third-order valence-electron chi connectivity index (χ3n) is 9.85. The van der Waals surface area contributed by atoms with Gasteiger partial charge in [-0.05, 0) is 38.5 Å². The normalized spacial score (nSPS) is 21.0. The van der Waals surface area contributed by atoms with E-state index in [4.69, 9.17) is 18.9 Å². The number of carbonyl (C=O) groups excluding carboxylic acids is 2. The third-order valence-corrected chi connectivity index (χ3v) is 10.6. The van der Waals surface area contributed by atoms with Gasteiger partial charge < -0.3 is 34.3 Å². The summed E-state index contributed by atoms with van der Waals surface area (Å²) < 4.78 is 53.8. The molecule has 6 atom stereocenters. The number of ether oxygens (including phenoxy) is 4. The summed E-state index contributed by atoms with van der Waals surface area (Å²) in [4.78, 5) is 25.2. The number of aliphatic hydroxyl groups excluding tert-OH is 3. The molecular weight excluding hydrogens is 717 g/mol. The molecule has 0 saturated carbocycles. The number of unbranched alkanes of at least 4 members (excludes halogenated alkanes) is 21. The smallest absolute Gasteiger partial charge is 0.306 e. The Balaban J connectivity index is 2.43. The predicted molar refractivity (Wildman–Crippen MR) is 210 cm³/mol. The van der Waals surface area contributed by atoms with Crippen molar-refractivity contribution in [3.63, 3.8) is 0 Å². The number of hydrogen-bond donors (Lipinski definition) is 4. The van der Waals surface area contributed by atoms with E-state index in [1.54, 1.807) is 0 Å². The van der Waals surface area contributed by atoms with Crippen LogP contribution in [0.5, 0.6) is 0 Å². The quantitative estimate of drug-likeness (QED) is 0.0211. The first-order valence-corrected chi connectivity index (χ1v) is 22.9. The van der Waals surface area contributed by atoms with E-state index < -0.39 is 71.2 Å². The van der Waals surface area contributed by atoms with Crippen molar-refractivity contribution in [2.45, 2.75) is 218 Å². The van der Waals surface area contributed by atoms with Crippen LogP contribution in [0.25, 0.3) is 0 Å². The average molecular weight is 793 g/mol. The van der Waals surface area contributed by atoms with Gasteiger partial charge in [0.2, 0.25) is 0 Å². The first-order chi connectivity index (χ1) is 26.0. The SMILES string of the molecule is CCCCCCCC/C=C/CCCCCCCCCC(=O)OC[C@H](CO[C@H]1O[C@H](CS(=O)(=O)O)[C@@H](O)C(O)C1O)OC(=O)CCCCCCCCCCC. The fourth-order valence-electron chi connectivity index (χ4n) is 6.49. The van der Waals surface area contributed by atoms with Crippen molar-refractivity contribution in [1.82, 2.24) is 0 Å². The summed E-state index contributed by atoms with van der Waals surface area (Å²) in [5, 5.41) is 30.8. The lowest BCUT2D eigenvalue weighted by Crippen LogP contribution is -2.60. The van der Waals surface area contributed by atoms with Crippen LogP contribution in [0.2, 0.25) is 0 Å². The zero-order valence-electron chi connectivity index (χ0n) is 33.6. The second kappa shape index (κ2) is 32.5. The van der Waals surface area contributed by atoms with E-state index in [0.717, 1.165) is 44.9 Å². The lowest BCUT2D eigenvalue weighted by Gasteiger charge is -2.40. The molecule has 1 aliphatic rings. The molecule has 0 radical (unpaired) electrons. The Morgan fingerprint density at radius 2 is 1.06 bits per heavy atom. The summed E-state index contributed by atoms with van der Waals surface area (Å²) in [5.74, 6) is -1.98. The molecule has 0 bridgehead atoms. The van der Waals surface area contributed by atoms with Crippen molar-refractivity contribution in [1.29, 1.82) is 0 Å². The summed E-state index contributed by atoms with van der Waals surface area (Å²) in [6, 6.07) is 0. The van der Waals surface area contributed by atoms with Gasteiger partial charge in [0.25, 0.3) is 10.1 Å². The van der Waals surface area contributed by atoms with E-state index in [1.807, 2.05) is 0 Å². The van der Waals surface area contributed by atoms with Gasteiger partial charge in [0, 0.05) is 12.8 Å². The molecule has 13 heteroatoms. The lowest BCUT2D eigenvalue weighted by molar-refractivity contribution is -0.297. The van der Waals surface area contributed by atoms with Gasteiger partial charge in [0.15, 0.2) is 12.4 Å². The van der Waals surface area contributed by atoms with Crippen molar-refractivity contribution < 1.29 is 56.8 Å². The number of rotatable bonds is 35. The Labute approximate surface area is 326 Å². The summed E-state index contributed by atoms with van der Waals surface area (Å²) in [5.41, 5.74) is 0. The lowest BCUT2D eigenvalue weighted by atomic mass is 10.00. The Hall–Kier alpha value is -1.61. The molecule has 0 amide bonds. The van der Waals surface area contributed by atoms with E-state index in [-0.39, 0.29) is 19.4 Å². The topological polar surface area (TPSA) is 186 Å². The molecule has 0 aromatic rings. The Bertz CT molecular complexity index is 1070. The second-order valence-electron chi connectivity index (χ2n) is 15.0. The monoisotopic (exact) mass is 793 g/mol. The Morgan fingerprint density at radius 3 is 1.54 bits per heavy atom. The van der Waals surface area contributed by atoms with Crippen molar-refractivity contribution in [2.24, 2.45) is 0 Å². The molecule has 4 N–H and O–H groups in total. The average Bonchev–Trinajstić information content (AvgIpc) is 3.13. The van der Waals surface area contributed by atoms with Crippen LogP contribution >= 0.6 is 0 Å². The molecule has 12 nitrogen and oxygen atoms in total. The minimum absolute atomic E-state index is 0.167. The molecule has 1 rings (SSSR count). The molecule has 318 valence electrons. The Morgan fingerprint density at radius 1 is 0.611 bits per heavy atom. The van der Waals surface area contributed by atoms with Crippen LogP contribution in [0.3, 0.4) is 0 Å². The number of carbonyl (C=O) groups is 2. The first kappa shape index (κ1) is 50.4. The maximum atomic E-state index is 12.7. The standard InChI is InChI=1S/C41H76O12S/c1-3-5-7-9-11-13-14-15-16-17-18-19-20-22-23-25-27-29-36(42)50-31-34(52-37(43)30-28-26-24-21-12-10-8-6-4-2)32-51-41-40(46)39(45)38(44)35(53-41)33-54(47,48)49/h15-16,34-35,38-41,44-46H,3-14,17-33H2,1-2H3,(H,47,48,49)/b16-15+/t34-,35-,38-,39?,40?,41+/m1/s1. The van der Waals surface area contributed by atoms with Crippen LogP contribution in [-0.4, -0.2) is 96.0 Å². The van der Waals surface area contributed by atoms with E-state index in [1.165, 1.54) is 96.3 Å². The van der Waals surface area contributed by atoms with Crippen molar-refractivity contribution in [3.8, 4) is 0 Å². The zero-order valence-corrected chi connectivity index (χ0v) is 34.4. The van der Waals surface area contributed by atoms with Gasteiger partial charge in [-0.3, -0.25) is 14.1 Å². The number of aliphatic hydroxyl groups is 3. The van der Waals surface area contributed by atoms with Gasteiger partial charge in [-0.2, -0.15) is 8.42 Å². The van der Waals surface area contributed by atoms with Crippen LogP contribution in [-0.2, 0) is 38.7 Å². The highest BCUT2D eigenvalue weighted by molar-refractivity contribution is 7.85. The molecular formula is C41H76O12S. The molecule has 2 unspecified atom stereocenters. The number of allylic oxidation sites excluding steroid dienone is 2. The highest BCUT2D eigenvalue weighted by Crippen LogP contribution is 2.24. The minimum Gasteiger partial charge on any atom is -0.462 e. The fraction of sp³-hybridized carbons (Fsp3) is 0.902.